The van der Waals surface area contributed by atoms with Gasteiger partial charge in [0.1, 0.15) is 0 Å². The van der Waals surface area contributed by atoms with Crippen molar-refractivity contribution >= 4 is 21.9 Å². The maximum atomic E-state index is 11.1. The van der Waals surface area contributed by atoms with Crippen LogP contribution >= 0.6 is 15.9 Å². The molecule has 0 unspecified atom stereocenters. The Kier molecular flexibility index (Phi) is 5.46. The minimum absolute atomic E-state index is 0.319. The number of ether oxygens (including phenoxy) is 1. The fourth-order valence-electron chi connectivity index (χ4n) is 0.703. The molecule has 0 saturated heterocycles. The lowest BCUT2D eigenvalue weighted by atomic mass is 10.2. The van der Waals surface area contributed by atoms with Crippen molar-refractivity contribution in [1.82, 2.24) is 0 Å². The van der Waals surface area contributed by atoms with Crippen LogP contribution in [-0.2, 0) is 9.53 Å². The van der Waals surface area contributed by atoms with Crippen molar-refractivity contribution in [2.24, 2.45) is 5.73 Å². The first-order valence-electron chi connectivity index (χ1n) is 3.93. The Morgan fingerprint density at radius 3 is 2.46 bits per heavy atom. The summed E-state index contributed by atoms with van der Waals surface area (Å²) in [5.41, 5.74) is 6.75. The molecular formula is C9H14BrNO2. The number of carbonyl (C=O) groups is 1. The van der Waals surface area contributed by atoms with Crippen LogP contribution in [0.1, 0.15) is 20.3 Å². The van der Waals surface area contributed by atoms with Gasteiger partial charge in [-0.2, -0.15) is 0 Å². The molecule has 74 valence electrons. The van der Waals surface area contributed by atoms with E-state index in [2.05, 4.69) is 20.7 Å². The standard InChI is InChI=1S/C9H14BrNO2/c1-4-7(9(12)13-3)5-8(10)6(2)11/h5H,4,11H2,1-3H3/b7-5+,8-6-. The highest BCUT2D eigenvalue weighted by atomic mass is 79.9. The quantitative estimate of drug-likeness (QED) is 0.472. The summed E-state index contributed by atoms with van der Waals surface area (Å²) in [5, 5.41) is 0. The van der Waals surface area contributed by atoms with Crippen LogP contribution in [0.3, 0.4) is 0 Å². The third-order valence-electron chi connectivity index (χ3n) is 1.51. The Labute approximate surface area is 86.8 Å². The molecule has 0 aromatic heterocycles. The number of allylic oxidation sites excluding steroid dienone is 3. The highest BCUT2D eigenvalue weighted by molar-refractivity contribution is 9.11. The topological polar surface area (TPSA) is 52.3 Å². The number of rotatable bonds is 3. The van der Waals surface area contributed by atoms with Crippen molar-refractivity contribution in [3.05, 3.63) is 21.8 Å². The molecule has 0 aromatic carbocycles. The molecule has 4 heteroatoms. The summed E-state index contributed by atoms with van der Waals surface area (Å²) in [6, 6.07) is 0. The maximum absolute atomic E-state index is 11.1. The molecular weight excluding hydrogens is 234 g/mol. The van der Waals surface area contributed by atoms with Gasteiger partial charge in [-0.25, -0.2) is 4.79 Å². The molecule has 0 bridgehead atoms. The van der Waals surface area contributed by atoms with Gasteiger partial charge in [0, 0.05) is 15.8 Å². The first-order chi connectivity index (χ1) is 6.02. The summed E-state index contributed by atoms with van der Waals surface area (Å²) in [7, 11) is 1.36. The fourth-order valence-corrected chi connectivity index (χ4v) is 0.980. The first kappa shape index (κ1) is 12.2. The molecule has 0 spiro atoms. The van der Waals surface area contributed by atoms with Crippen LogP contribution in [0.4, 0.5) is 0 Å². The summed E-state index contributed by atoms with van der Waals surface area (Å²) in [6.07, 6.45) is 2.30. The summed E-state index contributed by atoms with van der Waals surface area (Å²) in [6.45, 7) is 3.64. The predicted molar refractivity (Wildman–Crippen MR) is 56.2 cm³/mol. The predicted octanol–water partition coefficient (Wildman–Crippen LogP) is 2.08. The highest BCUT2D eigenvalue weighted by Crippen LogP contribution is 2.15. The zero-order valence-corrected chi connectivity index (χ0v) is 9.64. The largest absolute Gasteiger partial charge is 0.466 e. The number of nitrogens with two attached hydrogens (primary N) is 1. The van der Waals surface area contributed by atoms with Crippen LogP contribution < -0.4 is 5.73 Å². The lowest BCUT2D eigenvalue weighted by Crippen LogP contribution is -2.04. The third-order valence-corrected chi connectivity index (χ3v) is 2.36. The summed E-state index contributed by atoms with van der Waals surface area (Å²) in [4.78, 5) is 11.1. The second kappa shape index (κ2) is 5.80. The smallest absolute Gasteiger partial charge is 0.333 e. The Morgan fingerprint density at radius 2 is 2.15 bits per heavy atom. The fraction of sp³-hybridized carbons (Fsp3) is 0.444. The van der Waals surface area contributed by atoms with Gasteiger partial charge in [-0.15, -0.1) is 0 Å². The maximum Gasteiger partial charge on any atom is 0.333 e. The minimum Gasteiger partial charge on any atom is -0.466 e. The van der Waals surface area contributed by atoms with E-state index in [9.17, 15) is 4.79 Å². The zero-order valence-electron chi connectivity index (χ0n) is 8.06. The van der Waals surface area contributed by atoms with Crippen LogP contribution in [0.2, 0.25) is 0 Å². The van der Waals surface area contributed by atoms with Crippen molar-refractivity contribution in [1.29, 1.82) is 0 Å². The number of hydrogen-bond acceptors (Lipinski definition) is 3. The van der Waals surface area contributed by atoms with Crippen molar-refractivity contribution in [2.45, 2.75) is 20.3 Å². The molecule has 13 heavy (non-hydrogen) atoms. The first-order valence-corrected chi connectivity index (χ1v) is 4.73. The number of methoxy groups -OCH3 is 1. The Hall–Kier alpha value is -0.770. The normalized spacial score (nSPS) is 13.7. The average molecular weight is 248 g/mol. The molecule has 0 aliphatic heterocycles. The van der Waals surface area contributed by atoms with Gasteiger partial charge in [-0.1, -0.05) is 6.92 Å². The van der Waals surface area contributed by atoms with Gasteiger partial charge in [0.2, 0.25) is 0 Å². The second-order valence-electron chi connectivity index (χ2n) is 2.55. The number of esters is 1. The van der Waals surface area contributed by atoms with Crippen molar-refractivity contribution in [3.63, 3.8) is 0 Å². The van der Waals surface area contributed by atoms with Gasteiger partial charge in [0.15, 0.2) is 0 Å². The van der Waals surface area contributed by atoms with E-state index in [1.54, 1.807) is 13.0 Å². The van der Waals surface area contributed by atoms with Gasteiger partial charge in [0.05, 0.1) is 7.11 Å². The van der Waals surface area contributed by atoms with Crippen LogP contribution in [0.25, 0.3) is 0 Å². The number of carbonyl (C=O) groups excluding carboxylic acids is 1. The van der Waals surface area contributed by atoms with Gasteiger partial charge in [-0.05, 0) is 35.4 Å². The van der Waals surface area contributed by atoms with E-state index in [0.717, 1.165) is 4.48 Å². The molecule has 0 radical (unpaired) electrons. The van der Waals surface area contributed by atoms with Crippen molar-refractivity contribution in [3.8, 4) is 0 Å². The zero-order chi connectivity index (χ0) is 10.4. The summed E-state index contributed by atoms with van der Waals surface area (Å²) < 4.78 is 5.31. The van der Waals surface area contributed by atoms with E-state index < -0.39 is 0 Å². The molecule has 0 aliphatic carbocycles. The molecule has 3 nitrogen and oxygen atoms in total. The molecule has 0 rings (SSSR count). The molecule has 0 atom stereocenters. The van der Waals surface area contributed by atoms with Crippen molar-refractivity contribution < 1.29 is 9.53 Å². The van der Waals surface area contributed by atoms with Gasteiger partial charge >= 0.3 is 5.97 Å². The SMILES string of the molecule is CC/C(=C\C(Br)=C(/C)N)C(=O)OC. The van der Waals surface area contributed by atoms with E-state index in [-0.39, 0.29) is 5.97 Å². The number of halogens is 1. The highest BCUT2D eigenvalue weighted by Gasteiger charge is 2.07. The monoisotopic (exact) mass is 247 g/mol. The van der Waals surface area contributed by atoms with Gasteiger partial charge in [-0.3, -0.25) is 0 Å². The van der Waals surface area contributed by atoms with Crippen LogP contribution in [-0.4, -0.2) is 13.1 Å². The second-order valence-corrected chi connectivity index (χ2v) is 3.40. The number of hydrogen-bond donors (Lipinski definition) is 1. The van der Waals surface area contributed by atoms with Gasteiger partial charge in [0.25, 0.3) is 0 Å². The van der Waals surface area contributed by atoms with Crippen LogP contribution in [0.5, 0.6) is 0 Å². The van der Waals surface area contributed by atoms with E-state index in [1.807, 2.05) is 6.92 Å². The van der Waals surface area contributed by atoms with E-state index in [0.29, 0.717) is 17.7 Å². The minimum atomic E-state index is -0.319. The Balaban J connectivity index is 4.78. The average Bonchev–Trinajstić information content (AvgIpc) is 2.12. The third kappa shape index (κ3) is 4.12. The Bertz CT molecular complexity index is 252. The van der Waals surface area contributed by atoms with E-state index in [4.69, 9.17) is 5.73 Å². The lowest BCUT2D eigenvalue weighted by Gasteiger charge is -2.02. The molecule has 0 aromatic rings. The molecule has 0 fully saturated rings. The van der Waals surface area contributed by atoms with E-state index >= 15 is 0 Å². The summed E-state index contributed by atoms with van der Waals surface area (Å²) >= 11 is 3.25. The van der Waals surface area contributed by atoms with Crippen LogP contribution in [0.15, 0.2) is 21.8 Å². The molecule has 0 heterocycles. The van der Waals surface area contributed by atoms with Gasteiger partial charge < -0.3 is 10.5 Å². The summed E-state index contributed by atoms with van der Waals surface area (Å²) in [5.74, 6) is -0.319. The lowest BCUT2D eigenvalue weighted by molar-refractivity contribution is -0.136. The van der Waals surface area contributed by atoms with E-state index in [1.165, 1.54) is 7.11 Å². The molecule has 2 N–H and O–H groups in total. The molecule has 0 amide bonds. The molecule has 0 aliphatic rings. The van der Waals surface area contributed by atoms with Crippen molar-refractivity contribution in [2.75, 3.05) is 7.11 Å². The molecule has 0 saturated carbocycles. The Morgan fingerprint density at radius 1 is 1.62 bits per heavy atom. The van der Waals surface area contributed by atoms with Crippen LogP contribution in [0, 0.1) is 0 Å².